The Bertz CT molecular complexity index is 2240. The summed E-state index contributed by atoms with van der Waals surface area (Å²) >= 11 is 0. The molecule has 268 valence electrons. The molecule has 8 heteroatoms. The van der Waals surface area contributed by atoms with Crippen molar-refractivity contribution in [3.8, 4) is 57.1 Å². The Balaban J connectivity index is 1.46. The molecule has 0 spiro atoms. The summed E-state index contributed by atoms with van der Waals surface area (Å²) in [6.45, 7) is 6.46. The molecular weight excluding hydrogens is 680 g/mol. The van der Waals surface area contributed by atoms with Crippen LogP contribution < -0.4 is 0 Å². The lowest BCUT2D eigenvalue weighted by Gasteiger charge is -2.17. The van der Waals surface area contributed by atoms with E-state index in [0.29, 0.717) is 33.4 Å². The van der Waals surface area contributed by atoms with Crippen LogP contribution in [0.25, 0.3) is 33.4 Å². The van der Waals surface area contributed by atoms with Gasteiger partial charge in [-0.2, -0.15) is 0 Å². The molecule has 0 bridgehead atoms. The van der Waals surface area contributed by atoms with Gasteiger partial charge in [-0.3, -0.25) is 0 Å². The second-order valence-electron chi connectivity index (χ2n) is 13.5. The van der Waals surface area contributed by atoms with Crippen LogP contribution in [0.5, 0.6) is 0 Å². The van der Waals surface area contributed by atoms with Gasteiger partial charge < -0.3 is 18.9 Å². The Labute approximate surface area is 314 Å². The molecule has 0 atom stereocenters. The SMILES string of the molecule is COC(=O)c1cc(C(=O)OC)c2ccc(C#Cc3cc(C#Cc4ccc5c(C(=O)OC)cc(C(=O)OC)c-5cc4)c4ccc(C(C)(C)C)ccc3-4)ccc1-2. The van der Waals surface area contributed by atoms with E-state index < -0.39 is 23.9 Å². The summed E-state index contributed by atoms with van der Waals surface area (Å²) < 4.78 is 19.8. The van der Waals surface area contributed by atoms with Gasteiger partial charge in [0.15, 0.2) is 0 Å². The zero-order valence-electron chi connectivity index (χ0n) is 30.9. The van der Waals surface area contributed by atoms with Crippen LogP contribution in [0.2, 0.25) is 0 Å². The van der Waals surface area contributed by atoms with Crippen LogP contribution in [0, 0.1) is 23.7 Å². The lowest BCUT2D eigenvalue weighted by atomic mass is 9.88. The fourth-order valence-electron chi connectivity index (χ4n) is 6.32. The van der Waals surface area contributed by atoms with Crippen LogP contribution >= 0.6 is 0 Å². The van der Waals surface area contributed by atoms with E-state index in [2.05, 4.69) is 68.7 Å². The Morgan fingerprint density at radius 3 is 0.981 bits per heavy atom. The van der Waals surface area contributed by atoms with Crippen LogP contribution in [0.15, 0.2) is 91.0 Å². The second kappa shape index (κ2) is 15.0. The summed E-state index contributed by atoms with van der Waals surface area (Å²) in [6.07, 6.45) is 0. The van der Waals surface area contributed by atoms with Crippen LogP contribution in [-0.4, -0.2) is 52.3 Å². The summed E-state index contributed by atoms with van der Waals surface area (Å²) in [5, 5.41) is 0. The Hall–Kier alpha value is -6.90. The predicted octanol–water partition coefficient (Wildman–Crippen LogP) is 8.24. The van der Waals surface area contributed by atoms with Gasteiger partial charge in [-0.25, -0.2) is 19.2 Å². The lowest BCUT2D eigenvalue weighted by molar-refractivity contribution is 0.0586. The highest BCUT2D eigenvalue weighted by atomic mass is 16.5. The standard InChI is InChI=1S/C46H36O8/c1-46(2,3)31-16-22-32-29(14-8-27-10-18-34-35(19-11-27)39(43(48)52-5)25-38(34)42(47)51-4)24-30(33(32)23-17-31)15-9-28-12-20-36-37(21-13-28)41(45(50)54-7)26-40(36)44(49)53-6/h10-13,16-26H,1-7H3. The minimum absolute atomic E-state index is 0.0956. The third kappa shape index (κ3) is 7.11. The second-order valence-corrected chi connectivity index (χ2v) is 13.5. The van der Waals surface area contributed by atoms with Crippen LogP contribution in [-0.2, 0) is 24.4 Å². The minimum atomic E-state index is -0.561. The molecule has 8 nitrogen and oxygen atoms in total. The van der Waals surface area contributed by atoms with Crippen molar-refractivity contribution < 1.29 is 38.1 Å². The van der Waals surface area contributed by atoms with Crippen molar-refractivity contribution in [1.29, 1.82) is 0 Å². The first-order chi connectivity index (χ1) is 25.9. The molecule has 0 aromatic rings. The molecule has 6 aliphatic rings. The third-order valence-corrected chi connectivity index (χ3v) is 9.23. The van der Waals surface area contributed by atoms with Crippen molar-refractivity contribution in [3.05, 3.63) is 141 Å². The average Bonchev–Trinajstić information content (AvgIpc) is 3.61. The molecule has 0 radical (unpaired) electrons. The molecule has 0 unspecified atom stereocenters. The number of rotatable bonds is 4. The molecule has 0 N–H and O–H groups in total. The zero-order chi connectivity index (χ0) is 38.7. The molecule has 0 fully saturated rings. The first-order valence-corrected chi connectivity index (χ1v) is 17.0. The molecule has 54 heavy (non-hydrogen) atoms. The van der Waals surface area contributed by atoms with Crippen LogP contribution in [0.3, 0.4) is 0 Å². The topological polar surface area (TPSA) is 105 Å². The average molecular weight is 717 g/mol. The van der Waals surface area contributed by atoms with Crippen molar-refractivity contribution in [2.24, 2.45) is 0 Å². The highest BCUT2D eigenvalue weighted by Crippen LogP contribution is 2.36. The van der Waals surface area contributed by atoms with E-state index in [4.69, 9.17) is 18.9 Å². The highest BCUT2D eigenvalue weighted by Gasteiger charge is 2.26. The molecule has 0 aromatic carbocycles. The first kappa shape index (κ1) is 36.9. The van der Waals surface area contributed by atoms with Crippen molar-refractivity contribution in [1.82, 2.24) is 0 Å². The molecular formula is C46H36O8. The monoisotopic (exact) mass is 716 g/mol. The third-order valence-electron chi connectivity index (χ3n) is 9.23. The number of hydrogen-bond donors (Lipinski definition) is 0. The quantitative estimate of drug-likeness (QED) is 0.102. The molecule has 6 rings (SSSR count). The number of carbonyl (C=O) groups excluding carboxylic acids is 4. The maximum atomic E-state index is 12.5. The fraction of sp³-hybridized carbons (Fsp3) is 0.174. The van der Waals surface area contributed by atoms with E-state index in [0.717, 1.165) is 27.8 Å². The van der Waals surface area contributed by atoms with Gasteiger partial charge in [-0.1, -0.05) is 93.0 Å². The summed E-state index contributed by atoms with van der Waals surface area (Å²) in [7, 11) is 5.16. The van der Waals surface area contributed by atoms with Gasteiger partial charge >= 0.3 is 23.9 Å². The van der Waals surface area contributed by atoms with Crippen molar-refractivity contribution in [3.63, 3.8) is 0 Å². The Kier molecular flexibility index (Phi) is 10.2. The number of esters is 4. The highest BCUT2D eigenvalue weighted by molar-refractivity contribution is 6.09. The van der Waals surface area contributed by atoms with Crippen LogP contribution in [0.1, 0.15) is 90.0 Å². The van der Waals surface area contributed by atoms with Gasteiger partial charge in [0.2, 0.25) is 0 Å². The van der Waals surface area contributed by atoms with Gasteiger partial charge in [-0.15, -0.1) is 0 Å². The van der Waals surface area contributed by atoms with E-state index in [1.165, 1.54) is 40.6 Å². The van der Waals surface area contributed by atoms with Crippen molar-refractivity contribution in [2.75, 3.05) is 28.4 Å². The number of fused-ring (bicyclic) bond motifs is 3. The Morgan fingerprint density at radius 1 is 0.407 bits per heavy atom. The summed E-state index contributed by atoms with van der Waals surface area (Å²) in [6, 6.07) is 27.4. The van der Waals surface area contributed by atoms with Gasteiger partial charge in [0.05, 0.1) is 50.7 Å². The van der Waals surface area contributed by atoms with Gasteiger partial charge in [0, 0.05) is 22.3 Å². The molecule has 0 saturated heterocycles. The first-order valence-electron chi connectivity index (χ1n) is 17.0. The number of carbonyl (C=O) groups is 4. The minimum Gasteiger partial charge on any atom is -0.465 e. The summed E-state index contributed by atoms with van der Waals surface area (Å²) in [5.41, 5.74) is 8.96. The molecule has 0 amide bonds. The lowest BCUT2D eigenvalue weighted by Crippen LogP contribution is -2.09. The van der Waals surface area contributed by atoms with Crippen molar-refractivity contribution in [2.45, 2.75) is 26.2 Å². The smallest absolute Gasteiger partial charge is 0.338 e. The van der Waals surface area contributed by atoms with E-state index in [1.54, 1.807) is 48.5 Å². The van der Waals surface area contributed by atoms with Gasteiger partial charge in [0.25, 0.3) is 0 Å². The molecule has 0 aromatic heterocycles. The maximum absolute atomic E-state index is 12.5. The number of ether oxygens (including phenoxy) is 4. The largest absolute Gasteiger partial charge is 0.465 e. The summed E-state index contributed by atoms with van der Waals surface area (Å²) in [4.78, 5) is 50.2. The zero-order valence-corrected chi connectivity index (χ0v) is 30.9. The molecule has 0 saturated carbocycles. The fourth-order valence-corrected chi connectivity index (χ4v) is 6.32. The van der Waals surface area contributed by atoms with Gasteiger partial charge in [-0.05, 0) is 86.8 Å². The van der Waals surface area contributed by atoms with E-state index >= 15 is 0 Å². The predicted molar refractivity (Wildman–Crippen MR) is 205 cm³/mol. The molecule has 0 aliphatic heterocycles. The molecule has 6 aliphatic carbocycles. The van der Waals surface area contributed by atoms with E-state index in [1.807, 2.05) is 6.07 Å². The normalized spacial score (nSPS) is 10.9. The van der Waals surface area contributed by atoms with Crippen LogP contribution in [0.4, 0.5) is 0 Å². The van der Waals surface area contributed by atoms with E-state index in [-0.39, 0.29) is 27.7 Å². The van der Waals surface area contributed by atoms with Crippen molar-refractivity contribution >= 4 is 23.9 Å². The van der Waals surface area contributed by atoms with E-state index in [9.17, 15) is 19.2 Å². The number of methoxy groups -OCH3 is 4. The number of hydrogen-bond acceptors (Lipinski definition) is 8. The summed E-state index contributed by atoms with van der Waals surface area (Å²) in [5.74, 6) is 10.9. The van der Waals surface area contributed by atoms with Gasteiger partial charge in [0.1, 0.15) is 0 Å². The Morgan fingerprint density at radius 2 is 0.704 bits per heavy atom. The maximum Gasteiger partial charge on any atom is 0.338 e. The molecule has 0 heterocycles.